The number of benzene rings is 1. The lowest BCUT2D eigenvalue weighted by atomic mass is 10.2. The van der Waals surface area contributed by atoms with Gasteiger partial charge in [0.25, 0.3) is 0 Å². The molecule has 0 aliphatic rings. The molecular formula is C12H13BrCl2O2S. The lowest BCUT2D eigenvalue weighted by Gasteiger charge is -2.13. The molecule has 2 nitrogen and oxygen atoms in total. The molecule has 0 saturated carbocycles. The van der Waals surface area contributed by atoms with E-state index in [1.54, 1.807) is 11.8 Å². The predicted molar refractivity (Wildman–Crippen MR) is 82.0 cm³/mol. The van der Waals surface area contributed by atoms with Gasteiger partial charge in [0.1, 0.15) is 0 Å². The number of thioether (sulfide) groups is 1. The van der Waals surface area contributed by atoms with Crippen LogP contribution in [0.1, 0.15) is 18.4 Å². The molecule has 0 amide bonds. The van der Waals surface area contributed by atoms with Crippen molar-refractivity contribution in [1.29, 1.82) is 0 Å². The van der Waals surface area contributed by atoms with Crippen LogP contribution in [-0.2, 0) is 10.5 Å². The molecule has 0 radical (unpaired) electrons. The van der Waals surface area contributed by atoms with Gasteiger partial charge in [0, 0.05) is 10.8 Å². The Labute approximate surface area is 129 Å². The fourth-order valence-corrected chi connectivity index (χ4v) is 2.73. The smallest absolute Gasteiger partial charge is 0.335 e. The fraction of sp³-hybridized carbons (Fsp3) is 0.417. The number of aliphatic carboxylic acids is 1. The Kier molecular flexibility index (Phi) is 6.85. The molecule has 0 fully saturated rings. The number of halogens is 3. The number of hydrogen-bond acceptors (Lipinski definition) is 2. The predicted octanol–water partition coefficient (Wildman–Crippen LogP) is 4.77. The monoisotopic (exact) mass is 370 g/mol. The summed E-state index contributed by atoms with van der Waals surface area (Å²) in [5, 5.41) is 9.54. The minimum absolute atomic E-state index is 0.400. The highest BCUT2D eigenvalue weighted by atomic mass is 79.9. The maximum absolute atomic E-state index is 10.7. The maximum atomic E-state index is 10.7. The van der Waals surface area contributed by atoms with Crippen molar-refractivity contribution in [3.05, 3.63) is 34.9 Å². The number of alkyl halides is 2. The van der Waals surface area contributed by atoms with E-state index in [2.05, 4.69) is 15.9 Å². The summed E-state index contributed by atoms with van der Waals surface area (Å²) in [5.41, 5.74) is 1.21. The van der Waals surface area contributed by atoms with Crippen LogP contribution < -0.4 is 0 Å². The van der Waals surface area contributed by atoms with Crippen LogP contribution in [-0.4, -0.2) is 20.6 Å². The minimum Gasteiger partial charge on any atom is -0.479 e. The van der Waals surface area contributed by atoms with Crippen LogP contribution in [0, 0.1) is 0 Å². The zero-order chi connectivity index (χ0) is 13.6. The van der Waals surface area contributed by atoms with E-state index in [1.807, 2.05) is 24.3 Å². The van der Waals surface area contributed by atoms with Crippen LogP contribution in [0.4, 0.5) is 0 Å². The lowest BCUT2D eigenvalue weighted by Crippen LogP contribution is -2.24. The average Bonchev–Trinajstić information content (AvgIpc) is 2.31. The second kappa shape index (κ2) is 7.63. The highest BCUT2D eigenvalue weighted by Crippen LogP contribution is 2.30. The van der Waals surface area contributed by atoms with Gasteiger partial charge in [-0.2, -0.15) is 11.8 Å². The molecule has 1 unspecified atom stereocenters. The van der Waals surface area contributed by atoms with E-state index in [-0.39, 0.29) is 0 Å². The van der Waals surface area contributed by atoms with Gasteiger partial charge >= 0.3 is 5.97 Å². The van der Waals surface area contributed by atoms with Gasteiger partial charge in [-0.3, -0.25) is 0 Å². The summed E-state index contributed by atoms with van der Waals surface area (Å²) >= 11 is 16.3. The van der Waals surface area contributed by atoms with Crippen LogP contribution >= 0.6 is 50.9 Å². The molecule has 6 heteroatoms. The third-order valence-corrected chi connectivity index (χ3v) is 4.73. The van der Waals surface area contributed by atoms with Gasteiger partial charge in [0.15, 0.2) is 3.78 Å². The van der Waals surface area contributed by atoms with Crippen molar-refractivity contribution < 1.29 is 9.90 Å². The summed E-state index contributed by atoms with van der Waals surface area (Å²) < 4.78 is -1.33. The van der Waals surface area contributed by atoms with Crippen molar-refractivity contribution in [3.8, 4) is 0 Å². The molecule has 1 atom stereocenters. The van der Waals surface area contributed by atoms with E-state index in [4.69, 9.17) is 28.3 Å². The van der Waals surface area contributed by atoms with Crippen LogP contribution in [0.2, 0.25) is 5.02 Å². The van der Waals surface area contributed by atoms with Gasteiger partial charge in [0.2, 0.25) is 0 Å². The summed E-state index contributed by atoms with van der Waals surface area (Å²) in [5.74, 6) is 0.726. The van der Waals surface area contributed by atoms with Gasteiger partial charge in [-0.1, -0.05) is 51.3 Å². The first kappa shape index (κ1) is 16.2. The number of carboxylic acid groups (broad SMARTS) is 1. The lowest BCUT2D eigenvalue weighted by molar-refractivity contribution is -0.137. The van der Waals surface area contributed by atoms with E-state index >= 15 is 0 Å². The second-order valence-electron chi connectivity index (χ2n) is 3.79. The zero-order valence-electron chi connectivity index (χ0n) is 9.54. The summed E-state index contributed by atoms with van der Waals surface area (Å²) in [6, 6.07) is 7.71. The number of carbonyl (C=O) groups is 1. The van der Waals surface area contributed by atoms with Crippen molar-refractivity contribution in [2.75, 3.05) is 5.75 Å². The molecular weight excluding hydrogens is 359 g/mol. The molecule has 1 rings (SSSR count). The molecule has 0 aliphatic carbocycles. The van der Waals surface area contributed by atoms with Crippen molar-refractivity contribution in [2.45, 2.75) is 22.4 Å². The van der Waals surface area contributed by atoms with Crippen LogP contribution in [0.25, 0.3) is 0 Å². The summed E-state index contributed by atoms with van der Waals surface area (Å²) in [7, 11) is 0. The van der Waals surface area contributed by atoms with Crippen molar-refractivity contribution >= 4 is 56.9 Å². The van der Waals surface area contributed by atoms with E-state index in [0.29, 0.717) is 6.42 Å². The molecule has 1 N–H and O–H groups in total. The summed E-state index contributed by atoms with van der Waals surface area (Å²) in [4.78, 5) is 10.7. The van der Waals surface area contributed by atoms with E-state index in [9.17, 15) is 4.79 Å². The minimum atomic E-state index is -1.33. The summed E-state index contributed by atoms with van der Waals surface area (Å²) in [6.07, 6.45) is 1.15. The SMILES string of the molecule is O=C(O)C(Cl)(Br)CCCSCc1ccc(Cl)cc1. The van der Waals surface area contributed by atoms with Crippen molar-refractivity contribution in [3.63, 3.8) is 0 Å². The van der Waals surface area contributed by atoms with Gasteiger partial charge < -0.3 is 5.11 Å². The van der Waals surface area contributed by atoms with E-state index in [1.165, 1.54) is 5.56 Å². The highest BCUT2D eigenvalue weighted by molar-refractivity contribution is 9.10. The standard InChI is InChI=1S/C12H13BrCl2O2S/c13-12(15,11(16)17)6-1-7-18-8-9-2-4-10(14)5-3-9/h2-5H,1,6-8H2,(H,16,17). The molecule has 100 valence electrons. The maximum Gasteiger partial charge on any atom is 0.335 e. The normalized spacial score (nSPS) is 14.2. The molecule has 18 heavy (non-hydrogen) atoms. The quantitative estimate of drug-likeness (QED) is 0.554. The molecule has 0 saturated heterocycles. The van der Waals surface area contributed by atoms with Gasteiger partial charge in [0.05, 0.1) is 0 Å². The Balaban J connectivity index is 2.20. The summed E-state index contributed by atoms with van der Waals surface area (Å²) in [6.45, 7) is 0. The third kappa shape index (κ3) is 5.83. The highest BCUT2D eigenvalue weighted by Gasteiger charge is 2.31. The Morgan fingerprint density at radius 2 is 2.00 bits per heavy atom. The number of rotatable bonds is 7. The van der Waals surface area contributed by atoms with Crippen LogP contribution in [0.3, 0.4) is 0 Å². The van der Waals surface area contributed by atoms with Crippen molar-refractivity contribution in [1.82, 2.24) is 0 Å². The topological polar surface area (TPSA) is 37.3 Å². The Morgan fingerprint density at radius 3 is 2.56 bits per heavy atom. The van der Waals surface area contributed by atoms with Gasteiger partial charge in [-0.15, -0.1) is 0 Å². The zero-order valence-corrected chi connectivity index (χ0v) is 13.4. The third-order valence-electron chi connectivity index (χ3n) is 2.27. The number of hydrogen-bond donors (Lipinski definition) is 1. The molecule has 0 aliphatic heterocycles. The first-order chi connectivity index (χ1) is 8.42. The fourth-order valence-electron chi connectivity index (χ4n) is 1.27. The molecule has 0 heterocycles. The van der Waals surface area contributed by atoms with Crippen molar-refractivity contribution in [2.24, 2.45) is 0 Å². The first-order valence-electron chi connectivity index (χ1n) is 5.35. The molecule has 1 aromatic rings. The Bertz CT molecular complexity index is 396. The Morgan fingerprint density at radius 1 is 1.39 bits per heavy atom. The van der Waals surface area contributed by atoms with Gasteiger partial charge in [-0.05, 0) is 36.3 Å². The molecule has 0 bridgehead atoms. The van der Waals surface area contributed by atoms with E-state index in [0.717, 1.165) is 22.9 Å². The van der Waals surface area contributed by atoms with Gasteiger partial charge in [-0.25, -0.2) is 4.79 Å². The Hall–Kier alpha value is 0.1000. The molecule has 1 aromatic carbocycles. The van der Waals surface area contributed by atoms with Crippen LogP contribution in [0.15, 0.2) is 24.3 Å². The average molecular weight is 372 g/mol. The van der Waals surface area contributed by atoms with E-state index < -0.39 is 9.75 Å². The molecule has 0 spiro atoms. The largest absolute Gasteiger partial charge is 0.479 e. The molecule has 0 aromatic heterocycles. The number of carboxylic acids is 1. The van der Waals surface area contributed by atoms with Crippen LogP contribution in [0.5, 0.6) is 0 Å². The second-order valence-corrected chi connectivity index (χ2v) is 7.79. The first-order valence-corrected chi connectivity index (χ1v) is 8.05.